The molecule has 1 heterocycles. The van der Waals surface area contributed by atoms with E-state index in [0.717, 1.165) is 0 Å². The summed E-state index contributed by atoms with van der Waals surface area (Å²) in [4.78, 5) is 0. The van der Waals surface area contributed by atoms with Crippen LogP contribution in [0.3, 0.4) is 0 Å². The molecule has 2 unspecified atom stereocenters. The molecule has 0 saturated carbocycles. The van der Waals surface area contributed by atoms with Gasteiger partial charge in [0.2, 0.25) is 0 Å². The van der Waals surface area contributed by atoms with Gasteiger partial charge in [0.05, 0.1) is 0 Å². The van der Waals surface area contributed by atoms with E-state index in [-0.39, 0.29) is 0 Å². The molecule has 0 aromatic heterocycles. The van der Waals surface area contributed by atoms with E-state index in [4.69, 9.17) is 0 Å². The zero-order chi connectivity index (χ0) is 10.7. The predicted octanol–water partition coefficient (Wildman–Crippen LogP) is 3.15. The van der Waals surface area contributed by atoms with Gasteiger partial charge in [0.25, 0.3) is 0 Å². The van der Waals surface area contributed by atoms with Crippen LogP contribution in [0.5, 0.6) is 0 Å². The SMILES string of the molecule is Cc1ccccc1C(C)NC1CCSC1. The van der Waals surface area contributed by atoms with Crippen molar-refractivity contribution < 1.29 is 0 Å². The monoisotopic (exact) mass is 221 g/mol. The quantitative estimate of drug-likeness (QED) is 0.841. The fraction of sp³-hybridized carbons (Fsp3) is 0.538. The van der Waals surface area contributed by atoms with Crippen LogP contribution < -0.4 is 5.32 Å². The van der Waals surface area contributed by atoms with Crippen molar-refractivity contribution >= 4 is 11.8 Å². The molecule has 2 rings (SSSR count). The maximum absolute atomic E-state index is 3.72. The molecule has 1 N–H and O–H groups in total. The molecule has 0 radical (unpaired) electrons. The Kier molecular flexibility index (Phi) is 3.71. The number of benzene rings is 1. The van der Waals surface area contributed by atoms with Gasteiger partial charge in [0.15, 0.2) is 0 Å². The molecule has 2 atom stereocenters. The standard InChI is InChI=1S/C13H19NS/c1-10-5-3-4-6-13(10)11(2)14-12-7-8-15-9-12/h3-6,11-12,14H,7-9H2,1-2H3. The highest BCUT2D eigenvalue weighted by Gasteiger charge is 2.18. The average Bonchev–Trinajstić information content (AvgIpc) is 2.71. The number of rotatable bonds is 3. The molecule has 0 spiro atoms. The Morgan fingerprint density at radius 2 is 2.20 bits per heavy atom. The normalized spacial score (nSPS) is 22.9. The van der Waals surface area contributed by atoms with E-state index in [9.17, 15) is 0 Å². The van der Waals surface area contributed by atoms with Crippen LogP contribution >= 0.6 is 11.8 Å². The van der Waals surface area contributed by atoms with E-state index in [1.54, 1.807) is 0 Å². The molecule has 82 valence electrons. The molecule has 1 fully saturated rings. The lowest BCUT2D eigenvalue weighted by atomic mass is 10.0. The molecule has 0 amide bonds. The van der Waals surface area contributed by atoms with Crippen LogP contribution in [0.4, 0.5) is 0 Å². The number of aryl methyl sites for hydroxylation is 1. The number of hydrogen-bond donors (Lipinski definition) is 1. The molecule has 1 saturated heterocycles. The zero-order valence-electron chi connectivity index (χ0n) is 9.49. The highest BCUT2D eigenvalue weighted by Crippen LogP contribution is 2.22. The van der Waals surface area contributed by atoms with Gasteiger partial charge in [-0.05, 0) is 37.1 Å². The summed E-state index contributed by atoms with van der Waals surface area (Å²) in [6.07, 6.45) is 1.32. The van der Waals surface area contributed by atoms with Crippen LogP contribution in [0, 0.1) is 6.92 Å². The third kappa shape index (κ3) is 2.76. The summed E-state index contributed by atoms with van der Waals surface area (Å²) in [5.41, 5.74) is 2.83. The smallest absolute Gasteiger partial charge is 0.0297 e. The van der Waals surface area contributed by atoms with Crippen LogP contribution in [0.2, 0.25) is 0 Å². The van der Waals surface area contributed by atoms with Gasteiger partial charge < -0.3 is 5.32 Å². The van der Waals surface area contributed by atoms with Crippen LogP contribution in [0.1, 0.15) is 30.5 Å². The molecule has 1 nitrogen and oxygen atoms in total. The van der Waals surface area contributed by atoms with Crippen molar-refractivity contribution in [3.05, 3.63) is 35.4 Å². The first kappa shape index (κ1) is 11.0. The molecule has 1 aliphatic heterocycles. The van der Waals surface area contributed by atoms with E-state index in [0.29, 0.717) is 12.1 Å². The first-order valence-corrected chi connectivity index (χ1v) is 6.82. The topological polar surface area (TPSA) is 12.0 Å². The summed E-state index contributed by atoms with van der Waals surface area (Å²) in [6, 6.07) is 9.85. The van der Waals surface area contributed by atoms with E-state index in [2.05, 4.69) is 55.2 Å². The fourth-order valence-electron chi connectivity index (χ4n) is 2.18. The van der Waals surface area contributed by atoms with Crippen molar-refractivity contribution in [3.8, 4) is 0 Å². The number of hydrogen-bond acceptors (Lipinski definition) is 2. The molecular weight excluding hydrogens is 202 g/mol. The molecular formula is C13H19NS. The molecule has 1 aromatic rings. The first-order valence-electron chi connectivity index (χ1n) is 5.66. The third-order valence-corrected chi connectivity index (χ3v) is 4.23. The third-order valence-electron chi connectivity index (χ3n) is 3.07. The van der Waals surface area contributed by atoms with E-state index < -0.39 is 0 Å². The molecule has 15 heavy (non-hydrogen) atoms. The van der Waals surface area contributed by atoms with Gasteiger partial charge in [-0.1, -0.05) is 24.3 Å². The Labute approximate surface area is 96.7 Å². The maximum Gasteiger partial charge on any atom is 0.0297 e. The van der Waals surface area contributed by atoms with E-state index >= 15 is 0 Å². The van der Waals surface area contributed by atoms with Gasteiger partial charge >= 0.3 is 0 Å². The minimum absolute atomic E-state index is 0.481. The summed E-state index contributed by atoms with van der Waals surface area (Å²) < 4.78 is 0. The summed E-state index contributed by atoms with van der Waals surface area (Å²) in [6.45, 7) is 4.46. The first-order chi connectivity index (χ1) is 7.27. The minimum atomic E-state index is 0.481. The Morgan fingerprint density at radius 1 is 1.40 bits per heavy atom. The van der Waals surface area contributed by atoms with Crippen molar-refractivity contribution in [1.82, 2.24) is 5.32 Å². The Hall–Kier alpha value is -0.470. The predicted molar refractivity (Wildman–Crippen MR) is 68.5 cm³/mol. The van der Waals surface area contributed by atoms with Crippen LogP contribution in [0.15, 0.2) is 24.3 Å². The second kappa shape index (κ2) is 5.04. The van der Waals surface area contributed by atoms with Crippen LogP contribution in [-0.2, 0) is 0 Å². The second-order valence-electron chi connectivity index (χ2n) is 4.31. The molecule has 1 aliphatic rings. The highest BCUT2D eigenvalue weighted by atomic mass is 32.2. The number of thioether (sulfide) groups is 1. The summed E-state index contributed by atoms with van der Waals surface area (Å²) in [5.74, 6) is 2.59. The van der Waals surface area contributed by atoms with Crippen molar-refractivity contribution in [2.24, 2.45) is 0 Å². The lowest BCUT2D eigenvalue weighted by molar-refractivity contribution is 0.485. The summed E-state index contributed by atoms with van der Waals surface area (Å²) in [5, 5.41) is 3.72. The summed E-state index contributed by atoms with van der Waals surface area (Å²) in [7, 11) is 0. The lowest BCUT2D eigenvalue weighted by Crippen LogP contribution is -2.31. The van der Waals surface area contributed by atoms with Crippen molar-refractivity contribution in [2.45, 2.75) is 32.4 Å². The van der Waals surface area contributed by atoms with E-state index in [1.165, 1.54) is 29.1 Å². The van der Waals surface area contributed by atoms with Crippen molar-refractivity contribution in [3.63, 3.8) is 0 Å². The van der Waals surface area contributed by atoms with Gasteiger partial charge in [0, 0.05) is 17.8 Å². The van der Waals surface area contributed by atoms with Gasteiger partial charge in [-0.3, -0.25) is 0 Å². The van der Waals surface area contributed by atoms with Crippen molar-refractivity contribution in [2.75, 3.05) is 11.5 Å². The van der Waals surface area contributed by atoms with Gasteiger partial charge in [-0.2, -0.15) is 11.8 Å². The Balaban J connectivity index is 2.00. The Bertz CT molecular complexity index is 318. The molecule has 2 heteroatoms. The highest BCUT2D eigenvalue weighted by molar-refractivity contribution is 7.99. The van der Waals surface area contributed by atoms with E-state index in [1.807, 2.05) is 0 Å². The van der Waals surface area contributed by atoms with Crippen LogP contribution in [0.25, 0.3) is 0 Å². The second-order valence-corrected chi connectivity index (χ2v) is 5.46. The van der Waals surface area contributed by atoms with Crippen molar-refractivity contribution in [1.29, 1.82) is 0 Å². The zero-order valence-corrected chi connectivity index (χ0v) is 10.3. The average molecular weight is 221 g/mol. The van der Waals surface area contributed by atoms with Gasteiger partial charge in [-0.15, -0.1) is 0 Å². The maximum atomic E-state index is 3.72. The van der Waals surface area contributed by atoms with Gasteiger partial charge in [0.1, 0.15) is 0 Å². The molecule has 0 aliphatic carbocycles. The summed E-state index contributed by atoms with van der Waals surface area (Å²) >= 11 is 2.06. The van der Waals surface area contributed by atoms with Gasteiger partial charge in [-0.25, -0.2) is 0 Å². The Morgan fingerprint density at radius 3 is 2.87 bits per heavy atom. The molecule has 1 aromatic carbocycles. The molecule has 0 bridgehead atoms. The minimum Gasteiger partial charge on any atom is -0.307 e. The lowest BCUT2D eigenvalue weighted by Gasteiger charge is -2.20. The number of nitrogens with one attached hydrogen (secondary N) is 1. The largest absolute Gasteiger partial charge is 0.307 e. The van der Waals surface area contributed by atoms with Crippen LogP contribution in [-0.4, -0.2) is 17.5 Å². The fourth-order valence-corrected chi connectivity index (χ4v) is 3.35.